The Kier molecular flexibility index (Phi) is 5.51. The lowest BCUT2D eigenvalue weighted by Gasteiger charge is -2.23. The predicted octanol–water partition coefficient (Wildman–Crippen LogP) is 1.68. The van der Waals surface area contributed by atoms with E-state index in [-0.39, 0.29) is 17.7 Å². The summed E-state index contributed by atoms with van der Waals surface area (Å²) in [5.41, 5.74) is 1.42. The SMILES string of the molecule is CC(=O)c1ccc(NC(=O)[C@H](C)[NH+]2CCCCCC2)cc1. The number of hydrogen-bond donors (Lipinski definition) is 2. The van der Waals surface area contributed by atoms with Crippen molar-refractivity contribution in [1.29, 1.82) is 0 Å². The Bertz CT molecular complexity index is 488. The highest BCUT2D eigenvalue weighted by atomic mass is 16.2. The Morgan fingerprint density at radius 1 is 1.05 bits per heavy atom. The van der Waals surface area contributed by atoms with E-state index in [1.165, 1.54) is 30.6 Å². The lowest BCUT2D eigenvalue weighted by atomic mass is 10.1. The zero-order valence-electron chi connectivity index (χ0n) is 12.9. The third-order valence-electron chi connectivity index (χ3n) is 4.31. The van der Waals surface area contributed by atoms with E-state index in [0.29, 0.717) is 5.56 Å². The second-order valence-electron chi connectivity index (χ2n) is 5.92. The van der Waals surface area contributed by atoms with E-state index in [1.54, 1.807) is 31.2 Å². The molecule has 1 aromatic rings. The monoisotopic (exact) mass is 289 g/mol. The first kappa shape index (κ1) is 15.7. The van der Waals surface area contributed by atoms with Gasteiger partial charge in [0.1, 0.15) is 0 Å². The van der Waals surface area contributed by atoms with Gasteiger partial charge in [-0.2, -0.15) is 0 Å². The zero-order valence-corrected chi connectivity index (χ0v) is 12.9. The van der Waals surface area contributed by atoms with Crippen molar-refractivity contribution in [3.8, 4) is 0 Å². The van der Waals surface area contributed by atoms with E-state index < -0.39 is 0 Å². The number of quaternary nitrogens is 1. The van der Waals surface area contributed by atoms with Crippen LogP contribution in [-0.2, 0) is 4.79 Å². The fourth-order valence-electron chi connectivity index (χ4n) is 2.84. The quantitative estimate of drug-likeness (QED) is 0.829. The van der Waals surface area contributed by atoms with E-state index in [4.69, 9.17) is 0 Å². The van der Waals surface area contributed by atoms with Crippen molar-refractivity contribution >= 4 is 17.4 Å². The summed E-state index contributed by atoms with van der Waals surface area (Å²) < 4.78 is 0. The van der Waals surface area contributed by atoms with Gasteiger partial charge in [-0.3, -0.25) is 9.59 Å². The van der Waals surface area contributed by atoms with E-state index in [9.17, 15) is 9.59 Å². The Labute approximate surface area is 126 Å². The van der Waals surface area contributed by atoms with E-state index in [0.717, 1.165) is 18.8 Å². The number of amides is 1. The van der Waals surface area contributed by atoms with Crippen LogP contribution in [-0.4, -0.2) is 30.8 Å². The van der Waals surface area contributed by atoms with Crippen LogP contribution in [0.2, 0.25) is 0 Å². The first-order valence-electron chi connectivity index (χ1n) is 7.84. The molecule has 0 bridgehead atoms. The molecule has 2 rings (SSSR count). The van der Waals surface area contributed by atoms with Gasteiger partial charge >= 0.3 is 0 Å². The molecule has 114 valence electrons. The molecular formula is C17H25N2O2+. The van der Waals surface area contributed by atoms with Crippen molar-refractivity contribution in [3.63, 3.8) is 0 Å². The van der Waals surface area contributed by atoms with Crippen LogP contribution in [0.15, 0.2) is 24.3 Å². The minimum absolute atomic E-state index is 0.0319. The lowest BCUT2D eigenvalue weighted by Crippen LogP contribution is -3.16. The van der Waals surface area contributed by atoms with Gasteiger partial charge in [-0.05, 0) is 63.8 Å². The van der Waals surface area contributed by atoms with Gasteiger partial charge in [0.05, 0.1) is 13.1 Å². The van der Waals surface area contributed by atoms with Gasteiger partial charge in [-0.15, -0.1) is 0 Å². The van der Waals surface area contributed by atoms with E-state index in [2.05, 4.69) is 5.32 Å². The molecule has 1 aliphatic rings. The second kappa shape index (κ2) is 7.36. The number of carbonyl (C=O) groups excluding carboxylic acids is 2. The molecule has 0 unspecified atom stereocenters. The summed E-state index contributed by atoms with van der Waals surface area (Å²) in [6.07, 6.45) is 4.98. The largest absolute Gasteiger partial charge is 0.325 e. The minimum atomic E-state index is -0.0319. The molecule has 0 aromatic heterocycles. The molecule has 1 heterocycles. The first-order chi connectivity index (χ1) is 10.1. The van der Waals surface area contributed by atoms with Crippen molar-refractivity contribution in [1.82, 2.24) is 0 Å². The molecule has 0 saturated carbocycles. The van der Waals surface area contributed by atoms with Gasteiger partial charge in [0.25, 0.3) is 5.91 Å². The van der Waals surface area contributed by atoms with Gasteiger partial charge in [0.2, 0.25) is 0 Å². The van der Waals surface area contributed by atoms with Crippen LogP contribution in [0.1, 0.15) is 49.9 Å². The van der Waals surface area contributed by atoms with Gasteiger partial charge in [-0.25, -0.2) is 0 Å². The maximum Gasteiger partial charge on any atom is 0.282 e. The topological polar surface area (TPSA) is 50.6 Å². The minimum Gasteiger partial charge on any atom is -0.325 e. The number of rotatable bonds is 4. The molecule has 1 amide bonds. The number of anilines is 1. The normalized spacial score (nSPS) is 17.8. The molecular weight excluding hydrogens is 264 g/mol. The summed E-state index contributed by atoms with van der Waals surface area (Å²) in [6, 6.07) is 7.05. The highest BCUT2D eigenvalue weighted by molar-refractivity contribution is 5.96. The number of hydrogen-bond acceptors (Lipinski definition) is 2. The second-order valence-corrected chi connectivity index (χ2v) is 5.92. The van der Waals surface area contributed by atoms with Crippen molar-refractivity contribution in [2.75, 3.05) is 18.4 Å². The van der Waals surface area contributed by atoms with Crippen molar-refractivity contribution in [3.05, 3.63) is 29.8 Å². The van der Waals surface area contributed by atoms with Crippen LogP contribution in [0, 0.1) is 0 Å². The molecule has 1 aromatic carbocycles. The smallest absolute Gasteiger partial charge is 0.282 e. The molecule has 1 fully saturated rings. The number of Topliss-reactive ketones (excluding diaryl/α,β-unsaturated/α-hetero) is 1. The zero-order chi connectivity index (χ0) is 15.2. The fourth-order valence-corrected chi connectivity index (χ4v) is 2.84. The van der Waals surface area contributed by atoms with Crippen LogP contribution in [0.5, 0.6) is 0 Å². The molecule has 2 N–H and O–H groups in total. The van der Waals surface area contributed by atoms with E-state index >= 15 is 0 Å². The van der Waals surface area contributed by atoms with Crippen LogP contribution in [0.4, 0.5) is 5.69 Å². The average Bonchev–Trinajstić information content (AvgIpc) is 2.76. The van der Waals surface area contributed by atoms with Crippen LogP contribution < -0.4 is 10.2 Å². The van der Waals surface area contributed by atoms with Crippen LogP contribution in [0.25, 0.3) is 0 Å². The van der Waals surface area contributed by atoms with Crippen molar-refractivity contribution in [2.24, 2.45) is 0 Å². The van der Waals surface area contributed by atoms with E-state index in [1.807, 2.05) is 6.92 Å². The molecule has 1 aliphatic heterocycles. The van der Waals surface area contributed by atoms with Crippen LogP contribution >= 0.6 is 0 Å². The summed E-state index contributed by atoms with van der Waals surface area (Å²) in [6.45, 7) is 5.70. The van der Waals surface area contributed by atoms with Crippen molar-refractivity contribution < 1.29 is 14.5 Å². The Morgan fingerprint density at radius 2 is 1.62 bits per heavy atom. The Balaban J connectivity index is 1.94. The molecule has 21 heavy (non-hydrogen) atoms. The third-order valence-corrected chi connectivity index (χ3v) is 4.31. The van der Waals surface area contributed by atoms with Gasteiger partial charge < -0.3 is 10.2 Å². The standard InChI is InChI=1S/C17H24N2O2/c1-13(19-11-5-3-4-6-12-19)17(21)18-16-9-7-15(8-10-16)14(2)20/h7-10,13H,3-6,11-12H2,1-2H3,(H,18,21)/p+1/t13-/m0/s1. The summed E-state index contributed by atoms with van der Waals surface area (Å²) >= 11 is 0. The van der Waals surface area contributed by atoms with Gasteiger partial charge in [0.15, 0.2) is 11.8 Å². The average molecular weight is 289 g/mol. The molecule has 1 saturated heterocycles. The van der Waals surface area contributed by atoms with Crippen LogP contribution in [0.3, 0.4) is 0 Å². The maximum absolute atomic E-state index is 12.3. The molecule has 0 spiro atoms. The molecule has 4 heteroatoms. The molecule has 0 radical (unpaired) electrons. The number of nitrogens with one attached hydrogen (secondary N) is 2. The first-order valence-corrected chi connectivity index (χ1v) is 7.84. The fraction of sp³-hybridized carbons (Fsp3) is 0.529. The number of likely N-dealkylation sites (tertiary alicyclic amines) is 1. The lowest BCUT2D eigenvalue weighted by molar-refractivity contribution is -0.913. The number of benzene rings is 1. The number of carbonyl (C=O) groups is 2. The summed E-state index contributed by atoms with van der Waals surface area (Å²) in [5.74, 6) is 0.0951. The molecule has 4 nitrogen and oxygen atoms in total. The predicted molar refractivity (Wildman–Crippen MR) is 83.7 cm³/mol. The van der Waals surface area contributed by atoms with Gasteiger partial charge in [-0.1, -0.05) is 0 Å². The molecule has 1 atom stereocenters. The third kappa shape index (κ3) is 4.39. The summed E-state index contributed by atoms with van der Waals surface area (Å²) in [4.78, 5) is 25.0. The highest BCUT2D eigenvalue weighted by Gasteiger charge is 2.25. The van der Waals surface area contributed by atoms with Crippen molar-refractivity contribution in [2.45, 2.75) is 45.6 Å². The molecule has 0 aliphatic carbocycles. The Hall–Kier alpha value is -1.68. The summed E-state index contributed by atoms with van der Waals surface area (Å²) in [7, 11) is 0. The van der Waals surface area contributed by atoms with Gasteiger partial charge in [0, 0.05) is 11.3 Å². The maximum atomic E-state index is 12.3. The highest BCUT2D eigenvalue weighted by Crippen LogP contribution is 2.10. The summed E-state index contributed by atoms with van der Waals surface area (Å²) in [5, 5.41) is 2.95. The Morgan fingerprint density at radius 3 is 2.14 bits per heavy atom. The number of ketones is 1.